The Labute approximate surface area is 138 Å². The summed E-state index contributed by atoms with van der Waals surface area (Å²) in [7, 11) is 3.07. The summed E-state index contributed by atoms with van der Waals surface area (Å²) < 4.78 is 10.6. The van der Waals surface area contributed by atoms with Gasteiger partial charge in [-0.2, -0.15) is 0 Å². The van der Waals surface area contributed by atoms with Gasteiger partial charge in [0.25, 0.3) is 5.69 Å². The number of aliphatic hydroxyl groups is 1. The first-order chi connectivity index (χ1) is 11.5. The van der Waals surface area contributed by atoms with Gasteiger partial charge in [0, 0.05) is 28.9 Å². The molecule has 1 unspecified atom stereocenters. The molecule has 24 heavy (non-hydrogen) atoms. The highest BCUT2D eigenvalue weighted by Gasteiger charge is 2.30. The Hall–Kier alpha value is -3.06. The maximum atomic E-state index is 11.0. The molecule has 124 valence electrons. The predicted octanol–water partition coefficient (Wildman–Crippen LogP) is 2.86. The number of aliphatic hydroxyl groups excluding tert-OH is 1. The van der Waals surface area contributed by atoms with Crippen LogP contribution in [0.2, 0.25) is 0 Å². The van der Waals surface area contributed by atoms with Crippen LogP contribution in [0.3, 0.4) is 0 Å². The van der Waals surface area contributed by atoms with Gasteiger partial charge < -0.3 is 19.9 Å². The molecule has 3 rings (SSSR count). The molecule has 0 radical (unpaired) electrons. The molecule has 1 heterocycles. The number of ether oxygens (including phenoxy) is 2. The van der Waals surface area contributed by atoms with Crippen LogP contribution in [0.25, 0.3) is 11.3 Å². The Bertz CT molecular complexity index is 814. The highest BCUT2D eigenvalue weighted by Crippen LogP contribution is 2.41. The first-order valence-corrected chi connectivity index (χ1v) is 7.21. The topological polar surface area (TPSA) is 93.9 Å². The number of hydrogen-bond acceptors (Lipinski definition) is 6. The molecule has 0 amide bonds. The minimum absolute atomic E-state index is 0.0488. The van der Waals surface area contributed by atoms with Crippen molar-refractivity contribution in [3.8, 4) is 5.75 Å². The van der Waals surface area contributed by atoms with Crippen molar-refractivity contribution in [3.63, 3.8) is 0 Å². The number of fused-ring (bicyclic) bond motifs is 1. The third-order valence-corrected chi connectivity index (χ3v) is 3.87. The van der Waals surface area contributed by atoms with Gasteiger partial charge in [0.15, 0.2) is 6.23 Å². The highest BCUT2D eigenvalue weighted by molar-refractivity contribution is 5.98. The number of rotatable bonds is 4. The fraction of sp³-hybridized carbons (Fsp3) is 0.176. The number of hydrogen-bond donors (Lipinski definition) is 2. The van der Waals surface area contributed by atoms with Crippen molar-refractivity contribution in [2.24, 2.45) is 0 Å². The fourth-order valence-corrected chi connectivity index (χ4v) is 2.73. The van der Waals surface area contributed by atoms with Crippen LogP contribution in [0, 0.1) is 10.1 Å². The zero-order valence-corrected chi connectivity index (χ0v) is 13.1. The molecule has 1 aliphatic heterocycles. The number of nitrogens with one attached hydrogen (secondary N) is 1. The summed E-state index contributed by atoms with van der Waals surface area (Å²) in [5, 5.41) is 24.3. The van der Waals surface area contributed by atoms with Gasteiger partial charge in [0.1, 0.15) is 11.5 Å². The van der Waals surface area contributed by atoms with Gasteiger partial charge >= 0.3 is 0 Å². The normalized spacial score (nSPS) is 17.7. The van der Waals surface area contributed by atoms with Crippen molar-refractivity contribution >= 4 is 22.7 Å². The van der Waals surface area contributed by atoms with Crippen molar-refractivity contribution in [2.75, 3.05) is 19.5 Å². The third kappa shape index (κ3) is 2.65. The zero-order chi connectivity index (χ0) is 17.3. The molecule has 7 nitrogen and oxygen atoms in total. The molecule has 2 aromatic rings. The average molecular weight is 328 g/mol. The smallest absolute Gasteiger partial charge is 0.270 e. The summed E-state index contributed by atoms with van der Waals surface area (Å²) in [6.45, 7) is 0. The van der Waals surface area contributed by atoms with Gasteiger partial charge in [0.2, 0.25) is 0 Å². The van der Waals surface area contributed by atoms with Crippen molar-refractivity contribution < 1.29 is 19.5 Å². The fourth-order valence-electron chi connectivity index (χ4n) is 2.73. The molecule has 2 aromatic carbocycles. The number of anilines is 1. The lowest BCUT2D eigenvalue weighted by Gasteiger charge is -2.14. The van der Waals surface area contributed by atoms with Crippen molar-refractivity contribution in [3.05, 3.63) is 63.7 Å². The van der Waals surface area contributed by atoms with E-state index in [0.29, 0.717) is 28.3 Å². The Kier molecular flexibility index (Phi) is 4.09. The van der Waals surface area contributed by atoms with Gasteiger partial charge in [-0.15, -0.1) is 0 Å². The van der Waals surface area contributed by atoms with Crippen LogP contribution >= 0.6 is 0 Å². The van der Waals surface area contributed by atoms with E-state index in [4.69, 9.17) is 9.47 Å². The second-order valence-corrected chi connectivity index (χ2v) is 5.21. The number of nitro groups is 1. The van der Waals surface area contributed by atoms with Crippen LogP contribution < -0.4 is 10.1 Å². The van der Waals surface area contributed by atoms with Crippen molar-refractivity contribution in [1.29, 1.82) is 0 Å². The summed E-state index contributed by atoms with van der Waals surface area (Å²) in [5.41, 5.74) is 2.30. The maximum Gasteiger partial charge on any atom is 0.270 e. The number of nitrogens with zero attached hydrogens (tertiary/aromatic N) is 1. The third-order valence-electron chi connectivity index (χ3n) is 3.87. The Morgan fingerprint density at radius 3 is 2.50 bits per heavy atom. The van der Waals surface area contributed by atoms with Gasteiger partial charge in [-0.25, -0.2) is 0 Å². The van der Waals surface area contributed by atoms with E-state index < -0.39 is 11.2 Å². The second kappa shape index (κ2) is 6.21. The maximum absolute atomic E-state index is 11.0. The second-order valence-electron chi connectivity index (χ2n) is 5.21. The SMILES string of the molecule is CO/C(=C1\c2cc([N+](=O)[O-])ccc2NC1O)c1ccc(OC)cc1. The van der Waals surface area contributed by atoms with E-state index in [9.17, 15) is 15.2 Å². The molecule has 0 aliphatic carbocycles. The van der Waals surface area contributed by atoms with E-state index in [0.717, 1.165) is 5.56 Å². The Balaban J connectivity index is 2.16. The van der Waals surface area contributed by atoms with Crippen LogP contribution in [0.4, 0.5) is 11.4 Å². The average Bonchev–Trinajstić information content (AvgIpc) is 2.91. The molecule has 0 saturated heterocycles. The minimum Gasteiger partial charge on any atom is -0.497 e. The van der Waals surface area contributed by atoms with Crippen molar-refractivity contribution in [1.82, 2.24) is 0 Å². The van der Waals surface area contributed by atoms with Crippen LogP contribution in [-0.4, -0.2) is 30.5 Å². The molecule has 0 bridgehead atoms. The van der Waals surface area contributed by atoms with E-state index >= 15 is 0 Å². The van der Waals surface area contributed by atoms with E-state index in [1.54, 1.807) is 37.4 Å². The number of methoxy groups -OCH3 is 2. The molecule has 1 aliphatic rings. The lowest BCUT2D eigenvalue weighted by Crippen LogP contribution is -2.14. The van der Waals surface area contributed by atoms with E-state index in [-0.39, 0.29) is 5.69 Å². The largest absolute Gasteiger partial charge is 0.497 e. The molecule has 0 saturated carbocycles. The first-order valence-electron chi connectivity index (χ1n) is 7.21. The van der Waals surface area contributed by atoms with E-state index in [1.807, 2.05) is 0 Å². The highest BCUT2D eigenvalue weighted by atomic mass is 16.6. The van der Waals surface area contributed by atoms with Gasteiger partial charge in [-0.05, 0) is 30.3 Å². The van der Waals surface area contributed by atoms with Crippen LogP contribution in [0.1, 0.15) is 11.1 Å². The molecule has 1 atom stereocenters. The van der Waals surface area contributed by atoms with Crippen LogP contribution in [-0.2, 0) is 4.74 Å². The monoisotopic (exact) mass is 328 g/mol. The molecular weight excluding hydrogens is 312 g/mol. The van der Waals surface area contributed by atoms with Crippen LogP contribution in [0.5, 0.6) is 5.75 Å². The van der Waals surface area contributed by atoms with Gasteiger partial charge in [-0.3, -0.25) is 10.1 Å². The Morgan fingerprint density at radius 1 is 1.21 bits per heavy atom. The summed E-state index contributed by atoms with van der Waals surface area (Å²) in [6.07, 6.45) is -1.01. The standard InChI is InChI=1S/C17H16N2O5/c1-23-12-6-3-10(4-7-12)16(24-2)15-13-9-11(19(21)22)5-8-14(13)18-17(15)20/h3-9,17-18,20H,1-2H3/b16-15+. The number of nitro benzene ring substituents is 1. The Morgan fingerprint density at radius 2 is 1.92 bits per heavy atom. The molecule has 0 aromatic heterocycles. The zero-order valence-electron chi connectivity index (χ0n) is 13.1. The summed E-state index contributed by atoms with van der Waals surface area (Å²) in [4.78, 5) is 10.6. The van der Waals surface area contributed by atoms with Crippen molar-refractivity contribution in [2.45, 2.75) is 6.23 Å². The van der Waals surface area contributed by atoms with Gasteiger partial charge in [-0.1, -0.05) is 0 Å². The van der Waals surface area contributed by atoms with E-state index in [2.05, 4.69) is 5.32 Å². The summed E-state index contributed by atoms with van der Waals surface area (Å²) >= 11 is 0. The first kappa shape index (κ1) is 15.8. The minimum atomic E-state index is -1.01. The summed E-state index contributed by atoms with van der Waals surface area (Å²) in [6, 6.07) is 11.5. The molecular formula is C17H16N2O5. The lowest BCUT2D eigenvalue weighted by molar-refractivity contribution is -0.384. The van der Waals surface area contributed by atoms with E-state index in [1.165, 1.54) is 19.2 Å². The molecule has 0 fully saturated rings. The molecule has 2 N–H and O–H groups in total. The molecule has 7 heteroatoms. The van der Waals surface area contributed by atoms with Crippen LogP contribution in [0.15, 0.2) is 42.5 Å². The quantitative estimate of drug-likeness (QED) is 0.509. The lowest BCUT2D eigenvalue weighted by atomic mass is 10.0. The number of benzene rings is 2. The number of non-ortho nitro benzene ring substituents is 1. The molecule has 0 spiro atoms. The van der Waals surface area contributed by atoms with Gasteiger partial charge in [0.05, 0.1) is 24.7 Å². The predicted molar refractivity (Wildman–Crippen MR) is 89.5 cm³/mol. The summed E-state index contributed by atoms with van der Waals surface area (Å²) in [5.74, 6) is 1.14.